The first-order valence-electron chi connectivity index (χ1n) is 7.09. The average Bonchev–Trinajstić information content (AvgIpc) is 2.72. The fraction of sp³-hybridized carbons (Fsp3) is 0.600. The van der Waals surface area contributed by atoms with E-state index in [1.165, 1.54) is 0 Å². The molecule has 1 aromatic rings. The predicted molar refractivity (Wildman–Crippen MR) is 71.5 cm³/mol. The summed E-state index contributed by atoms with van der Waals surface area (Å²) in [5.74, 6) is 1.48. The van der Waals surface area contributed by atoms with Crippen LogP contribution in [0.25, 0.3) is 0 Å². The number of ether oxygens (including phenoxy) is 2. The van der Waals surface area contributed by atoms with Gasteiger partial charge in [-0.1, -0.05) is 6.07 Å². The number of benzene rings is 1. The van der Waals surface area contributed by atoms with Crippen LogP contribution in [0.1, 0.15) is 31.0 Å². The highest BCUT2D eigenvalue weighted by atomic mass is 19.1. The predicted octanol–water partition coefficient (Wildman–Crippen LogP) is 2.86. The minimum atomic E-state index is -0.926. The van der Waals surface area contributed by atoms with E-state index in [0.29, 0.717) is 24.5 Å². The third-order valence-corrected chi connectivity index (χ3v) is 3.84. The SMILES string of the molecule is FC(c1ccc2c(c1)OCCCO2)C1CCCNC1. The number of rotatable bonds is 2. The molecule has 1 aromatic carbocycles. The summed E-state index contributed by atoms with van der Waals surface area (Å²) in [5.41, 5.74) is 0.706. The van der Waals surface area contributed by atoms with Crippen LogP contribution in [-0.4, -0.2) is 26.3 Å². The Kier molecular flexibility index (Phi) is 3.87. The van der Waals surface area contributed by atoms with E-state index in [4.69, 9.17) is 9.47 Å². The van der Waals surface area contributed by atoms with Crippen LogP contribution in [0.2, 0.25) is 0 Å². The van der Waals surface area contributed by atoms with Gasteiger partial charge >= 0.3 is 0 Å². The Morgan fingerprint density at radius 3 is 2.79 bits per heavy atom. The molecule has 3 rings (SSSR count). The first kappa shape index (κ1) is 12.7. The van der Waals surface area contributed by atoms with Crippen molar-refractivity contribution in [3.63, 3.8) is 0 Å². The summed E-state index contributed by atoms with van der Waals surface area (Å²) in [7, 11) is 0. The van der Waals surface area contributed by atoms with E-state index in [0.717, 1.165) is 38.1 Å². The zero-order chi connectivity index (χ0) is 13.1. The molecule has 19 heavy (non-hydrogen) atoms. The van der Waals surface area contributed by atoms with E-state index in [1.54, 1.807) is 6.07 Å². The molecule has 2 heterocycles. The summed E-state index contributed by atoms with van der Waals surface area (Å²) in [6.45, 7) is 3.07. The van der Waals surface area contributed by atoms with Crippen molar-refractivity contribution in [2.45, 2.75) is 25.4 Å². The second kappa shape index (κ2) is 5.78. The van der Waals surface area contributed by atoms with Crippen molar-refractivity contribution >= 4 is 0 Å². The average molecular weight is 265 g/mol. The van der Waals surface area contributed by atoms with E-state index >= 15 is 0 Å². The van der Waals surface area contributed by atoms with Crippen LogP contribution in [0.15, 0.2) is 18.2 Å². The molecule has 104 valence electrons. The molecule has 2 aliphatic rings. The Morgan fingerprint density at radius 2 is 2.00 bits per heavy atom. The molecule has 2 unspecified atom stereocenters. The topological polar surface area (TPSA) is 30.5 Å². The Bertz CT molecular complexity index is 432. The molecular weight excluding hydrogens is 245 g/mol. The monoisotopic (exact) mass is 265 g/mol. The fourth-order valence-corrected chi connectivity index (χ4v) is 2.75. The van der Waals surface area contributed by atoms with E-state index in [1.807, 2.05) is 12.1 Å². The van der Waals surface area contributed by atoms with Crippen LogP contribution in [0.3, 0.4) is 0 Å². The van der Waals surface area contributed by atoms with E-state index in [2.05, 4.69) is 5.32 Å². The minimum absolute atomic E-state index is 0.0681. The smallest absolute Gasteiger partial charge is 0.161 e. The summed E-state index contributed by atoms with van der Waals surface area (Å²) in [4.78, 5) is 0. The molecule has 0 aromatic heterocycles. The number of piperidine rings is 1. The van der Waals surface area contributed by atoms with Crippen molar-refractivity contribution in [2.75, 3.05) is 26.3 Å². The summed E-state index contributed by atoms with van der Waals surface area (Å²) in [6, 6.07) is 5.46. The molecular formula is C15H20FNO2. The number of halogens is 1. The Balaban J connectivity index is 1.78. The maximum absolute atomic E-state index is 14.6. The maximum Gasteiger partial charge on any atom is 0.161 e. The van der Waals surface area contributed by atoms with Crippen molar-refractivity contribution in [3.8, 4) is 11.5 Å². The standard InChI is InChI=1S/C15H20FNO2/c16-15(12-3-1-6-17-10-12)11-4-5-13-14(9-11)19-8-2-7-18-13/h4-5,9,12,15,17H,1-3,6-8,10H2. The number of fused-ring (bicyclic) bond motifs is 1. The molecule has 1 fully saturated rings. The van der Waals surface area contributed by atoms with Gasteiger partial charge in [0.05, 0.1) is 13.2 Å². The highest BCUT2D eigenvalue weighted by molar-refractivity contribution is 5.44. The summed E-state index contributed by atoms with van der Waals surface area (Å²) in [5, 5.41) is 3.26. The van der Waals surface area contributed by atoms with Gasteiger partial charge < -0.3 is 14.8 Å². The number of alkyl halides is 1. The third-order valence-electron chi connectivity index (χ3n) is 3.84. The van der Waals surface area contributed by atoms with Gasteiger partial charge in [-0.2, -0.15) is 0 Å². The van der Waals surface area contributed by atoms with Crippen LogP contribution >= 0.6 is 0 Å². The van der Waals surface area contributed by atoms with Crippen LogP contribution in [0.4, 0.5) is 4.39 Å². The lowest BCUT2D eigenvalue weighted by Crippen LogP contribution is -2.32. The quantitative estimate of drug-likeness (QED) is 0.892. The Morgan fingerprint density at radius 1 is 1.16 bits per heavy atom. The zero-order valence-electron chi connectivity index (χ0n) is 11.0. The van der Waals surface area contributed by atoms with Gasteiger partial charge in [0.25, 0.3) is 0 Å². The van der Waals surface area contributed by atoms with Gasteiger partial charge in [-0.15, -0.1) is 0 Å². The molecule has 2 aliphatic heterocycles. The molecule has 0 aliphatic carbocycles. The second-order valence-corrected chi connectivity index (χ2v) is 5.26. The lowest BCUT2D eigenvalue weighted by atomic mass is 9.90. The normalized spacial score (nSPS) is 24.6. The molecule has 0 bridgehead atoms. The van der Waals surface area contributed by atoms with Crippen LogP contribution in [-0.2, 0) is 0 Å². The highest BCUT2D eigenvalue weighted by Crippen LogP contribution is 2.37. The van der Waals surface area contributed by atoms with Crippen molar-refractivity contribution in [1.29, 1.82) is 0 Å². The van der Waals surface area contributed by atoms with Gasteiger partial charge in [-0.05, 0) is 37.1 Å². The summed E-state index contributed by atoms with van der Waals surface area (Å²) >= 11 is 0. The molecule has 0 saturated carbocycles. The van der Waals surface area contributed by atoms with Crippen molar-refractivity contribution in [3.05, 3.63) is 23.8 Å². The zero-order valence-corrected chi connectivity index (χ0v) is 11.0. The molecule has 0 amide bonds. The maximum atomic E-state index is 14.6. The van der Waals surface area contributed by atoms with E-state index < -0.39 is 6.17 Å². The first-order valence-corrected chi connectivity index (χ1v) is 7.09. The van der Waals surface area contributed by atoms with Gasteiger partial charge in [-0.3, -0.25) is 0 Å². The van der Waals surface area contributed by atoms with E-state index in [-0.39, 0.29) is 5.92 Å². The Hall–Kier alpha value is -1.29. The number of hydrogen-bond donors (Lipinski definition) is 1. The van der Waals surface area contributed by atoms with Crippen molar-refractivity contribution in [1.82, 2.24) is 5.32 Å². The highest BCUT2D eigenvalue weighted by Gasteiger charge is 2.25. The number of hydrogen-bond acceptors (Lipinski definition) is 3. The van der Waals surface area contributed by atoms with Gasteiger partial charge in [-0.25, -0.2) is 4.39 Å². The number of nitrogens with one attached hydrogen (secondary N) is 1. The van der Waals surface area contributed by atoms with Gasteiger partial charge in [0.1, 0.15) is 6.17 Å². The van der Waals surface area contributed by atoms with Crippen molar-refractivity contribution < 1.29 is 13.9 Å². The minimum Gasteiger partial charge on any atom is -0.490 e. The van der Waals surface area contributed by atoms with Crippen LogP contribution in [0, 0.1) is 5.92 Å². The fourth-order valence-electron chi connectivity index (χ4n) is 2.75. The van der Waals surface area contributed by atoms with E-state index in [9.17, 15) is 4.39 Å². The van der Waals surface area contributed by atoms with Gasteiger partial charge in [0.15, 0.2) is 11.5 Å². The molecule has 0 radical (unpaired) electrons. The molecule has 4 heteroatoms. The van der Waals surface area contributed by atoms with Gasteiger partial charge in [0.2, 0.25) is 0 Å². The Labute approximate surface area is 113 Å². The van der Waals surface area contributed by atoms with Gasteiger partial charge in [0, 0.05) is 18.9 Å². The van der Waals surface area contributed by atoms with Crippen LogP contribution < -0.4 is 14.8 Å². The lowest BCUT2D eigenvalue weighted by molar-refractivity contribution is 0.194. The third kappa shape index (κ3) is 2.84. The summed E-state index contributed by atoms with van der Waals surface area (Å²) in [6.07, 6.45) is 1.94. The van der Waals surface area contributed by atoms with Crippen LogP contribution in [0.5, 0.6) is 11.5 Å². The first-order chi connectivity index (χ1) is 9.34. The molecule has 3 nitrogen and oxygen atoms in total. The molecule has 0 spiro atoms. The molecule has 1 saturated heterocycles. The molecule has 2 atom stereocenters. The summed E-state index contributed by atoms with van der Waals surface area (Å²) < 4.78 is 25.7. The second-order valence-electron chi connectivity index (χ2n) is 5.26. The largest absolute Gasteiger partial charge is 0.490 e. The van der Waals surface area contributed by atoms with Crippen molar-refractivity contribution in [2.24, 2.45) is 5.92 Å². The lowest BCUT2D eigenvalue weighted by Gasteiger charge is -2.26. The molecule has 1 N–H and O–H groups in total.